The Morgan fingerprint density at radius 1 is 1.30 bits per heavy atom. The van der Waals surface area contributed by atoms with Gasteiger partial charge in [0.15, 0.2) is 5.82 Å². The molecule has 0 aromatic heterocycles. The fourth-order valence-corrected chi connectivity index (χ4v) is 2.31. The van der Waals surface area contributed by atoms with Crippen molar-refractivity contribution in [1.29, 1.82) is 0 Å². The van der Waals surface area contributed by atoms with Crippen LogP contribution in [-0.2, 0) is 0 Å². The van der Waals surface area contributed by atoms with Gasteiger partial charge in [0.1, 0.15) is 0 Å². The number of non-ortho nitro benzene ring substituents is 1. The van der Waals surface area contributed by atoms with Crippen LogP contribution >= 0.6 is 0 Å². The van der Waals surface area contributed by atoms with E-state index in [1.807, 2.05) is 0 Å². The lowest BCUT2D eigenvalue weighted by Gasteiger charge is -2.22. The maximum absolute atomic E-state index is 13.6. The minimum Gasteiger partial charge on any atom is -0.335 e. The molecular formula is C13H16FN3O3. The summed E-state index contributed by atoms with van der Waals surface area (Å²) in [4.78, 5) is 21.5. The number of benzene rings is 1. The summed E-state index contributed by atoms with van der Waals surface area (Å²) in [6.45, 7) is 0. The monoisotopic (exact) mass is 281 g/mol. The molecule has 1 aromatic carbocycles. The molecule has 0 heterocycles. The van der Waals surface area contributed by atoms with E-state index in [0.29, 0.717) is 0 Å². The van der Waals surface area contributed by atoms with Gasteiger partial charge in [0.05, 0.1) is 16.7 Å². The zero-order chi connectivity index (χ0) is 14.5. The Labute approximate surface area is 115 Å². The lowest BCUT2D eigenvalue weighted by Crippen LogP contribution is -2.39. The normalized spacial score (nSPS) is 15.7. The molecule has 1 aromatic rings. The average Bonchev–Trinajstić information content (AvgIpc) is 2.42. The van der Waals surface area contributed by atoms with Gasteiger partial charge in [0.25, 0.3) is 5.69 Å². The smallest absolute Gasteiger partial charge is 0.319 e. The van der Waals surface area contributed by atoms with Crippen molar-refractivity contribution in [2.45, 2.75) is 38.1 Å². The number of nitrogens with one attached hydrogen (secondary N) is 2. The van der Waals surface area contributed by atoms with E-state index in [9.17, 15) is 19.3 Å². The van der Waals surface area contributed by atoms with Gasteiger partial charge in [0, 0.05) is 12.1 Å². The number of carbonyl (C=O) groups excluding carboxylic acids is 1. The Morgan fingerprint density at radius 3 is 2.60 bits per heavy atom. The standard InChI is InChI=1S/C13H16FN3O3/c14-11-8-10(17(19)20)6-7-12(11)16-13(18)15-9-4-2-1-3-5-9/h6-9H,1-5H2,(H2,15,16,18). The molecule has 0 saturated heterocycles. The molecular weight excluding hydrogens is 265 g/mol. The Morgan fingerprint density at radius 2 is 2.00 bits per heavy atom. The van der Waals surface area contributed by atoms with Crippen LogP contribution in [-0.4, -0.2) is 17.0 Å². The van der Waals surface area contributed by atoms with Crippen molar-refractivity contribution in [3.05, 3.63) is 34.1 Å². The Bertz CT molecular complexity index is 516. The van der Waals surface area contributed by atoms with Gasteiger partial charge < -0.3 is 10.6 Å². The van der Waals surface area contributed by atoms with Gasteiger partial charge in [-0.15, -0.1) is 0 Å². The lowest BCUT2D eigenvalue weighted by atomic mass is 9.96. The second kappa shape index (κ2) is 6.31. The molecule has 0 atom stereocenters. The quantitative estimate of drug-likeness (QED) is 0.659. The molecule has 0 aliphatic heterocycles. The molecule has 0 radical (unpaired) electrons. The first-order valence-electron chi connectivity index (χ1n) is 6.58. The number of nitro benzene ring substituents is 1. The van der Waals surface area contributed by atoms with E-state index in [0.717, 1.165) is 37.8 Å². The molecule has 7 heteroatoms. The molecule has 0 bridgehead atoms. The third kappa shape index (κ3) is 3.66. The molecule has 1 saturated carbocycles. The van der Waals surface area contributed by atoms with Gasteiger partial charge in [-0.1, -0.05) is 19.3 Å². The van der Waals surface area contributed by atoms with Gasteiger partial charge in [-0.2, -0.15) is 0 Å². The number of halogens is 1. The molecule has 1 fully saturated rings. The number of anilines is 1. The summed E-state index contributed by atoms with van der Waals surface area (Å²) in [7, 11) is 0. The van der Waals surface area contributed by atoms with E-state index in [1.54, 1.807) is 0 Å². The number of hydrogen-bond donors (Lipinski definition) is 2. The van der Waals surface area contributed by atoms with Crippen LogP contribution in [0.2, 0.25) is 0 Å². The first-order valence-corrected chi connectivity index (χ1v) is 6.58. The molecule has 108 valence electrons. The van der Waals surface area contributed by atoms with Crippen molar-refractivity contribution in [3.63, 3.8) is 0 Å². The number of nitro groups is 1. The minimum atomic E-state index is -0.821. The fraction of sp³-hybridized carbons (Fsp3) is 0.462. The summed E-state index contributed by atoms with van der Waals surface area (Å²) < 4.78 is 13.6. The van der Waals surface area contributed by atoms with Crippen molar-refractivity contribution in [2.75, 3.05) is 5.32 Å². The molecule has 2 rings (SSSR count). The van der Waals surface area contributed by atoms with Gasteiger partial charge in [-0.3, -0.25) is 10.1 Å². The molecule has 2 N–H and O–H groups in total. The molecule has 0 unspecified atom stereocenters. The maximum atomic E-state index is 13.6. The number of carbonyl (C=O) groups is 1. The van der Waals surface area contributed by atoms with Crippen molar-refractivity contribution in [1.82, 2.24) is 5.32 Å². The Balaban J connectivity index is 1.95. The first kappa shape index (κ1) is 14.2. The van der Waals surface area contributed by atoms with Gasteiger partial charge >= 0.3 is 6.03 Å². The van der Waals surface area contributed by atoms with Crippen molar-refractivity contribution < 1.29 is 14.1 Å². The highest BCUT2D eigenvalue weighted by Crippen LogP contribution is 2.21. The third-order valence-corrected chi connectivity index (χ3v) is 3.35. The fourth-order valence-electron chi connectivity index (χ4n) is 2.31. The topological polar surface area (TPSA) is 84.3 Å². The number of urea groups is 1. The highest BCUT2D eigenvalue weighted by Gasteiger charge is 2.17. The highest BCUT2D eigenvalue weighted by molar-refractivity contribution is 5.89. The SMILES string of the molecule is O=C(Nc1ccc([N+](=O)[O-])cc1F)NC1CCCCC1. The summed E-state index contributed by atoms with van der Waals surface area (Å²) in [5.41, 5.74) is -0.412. The van der Waals surface area contributed by atoms with E-state index in [1.165, 1.54) is 12.5 Å². The summed E-state index contributed by atoms with van der Waals surface area (Å²) >= 11 is 0. The third-order valence-electron chi connectivity index (χ3n) is 3.35. The van der Waals surface area contributed by atoms with Gasteiger partial charge in [0.2, 0.25) is 0 Å². The van der Waals surface area contributed by atoms with E-state index < -0.39 is 16.8 Å². The number of nitrogens with zero attached hydrogens (tertiary/aromatic N) is 1. The van der Waals surface area contributed by atoms with Crippen LogP contribution in [0.5, 0.6) is 0 Å². The molecule has 1 aliphatic carbocycles. The molecule has 20 heavy (non-hydrogen) atoms. The number of amides is 2. The van der Waals surface area contributed by atoms with Gasteiger partial charge in [-0.25, -0.2) is 9.18 Å². The molecule has 6 nitrogen and oxygen atoms in total. The Hall–Kier alpha value is -2.18. The molecule has 0 spiro atoms. The van der Waals surface area contributed by atoms with E-state index in [-0.39, 0.29) is 17.4 Å². The van der Waals surface area contributed by atoms with E-state index in [4.69, 9.17) is 0 Å². The zero-order valence-electron chi connectivity index (χ0n) is 10.9. The van der Waals surface area contributed by atoms with E-state index >= 15 is 0 Å². The van der Waals surface area contributed by atoms with Gasteiger partial charge in [-0.05, 0) is 18.9 Å². The zero-order valence-corrected chi connectivity index (χ0v) is 10.9. The lowest BCUT2D eigenvalue weighted by molar-refractivity contribution is -0.385. The Kier molecular flexibility index (Phi) is 4.49. The first-order chi connectivity index (χ1) is 9.56. The largest absolute Gasteiger partial charge is 0.335 e. The molecule has 2 amide bonds. The van der Waals surface area contributed by atoms with Crippen LogP contribution in [0.15, 0.2) is 18.2 Å². The van der Waals surface area contributed by atoms with Crippen molar-refractivity contribution in [3.8, 4) is 0 Å². The average molecular weight is 281 g/mol. The van der Waals surface area contributed by atoms with Crippen LogP contribution in [0.1, 0.15) is 32.1 Å². The highest BCUT2D eigenvalue weighted by atomic mass is 19.1. The number of hydrogen-bond acceptors (Lipinski definition) is 3. The van der Waals surface area contributed by atoms with E-state index in [2.05, 4.69) is 10.6 Å². The summed E-state index contributed by atoms with van der Waals surface area (Å²) in [6.07, 6.45) is 5.19. The second-order valence-corrected chi connectivity index (χ2v) is 4.85. The van der Waals surface area contributed by atoms with Crippen LogP contribution < -0.4 is 10.6 Å². The number of rotatable bonds is 3. The van der Waals surface area contributed by atoms with Crippen molar-refractivity contribution in [2.24, 2.45) is 0 Å². The predicted molar refractivity (Wildman–Crippen MR) is 72.1 cm³/mol. The summed E-state index contributed by atoms with van der Waals surface area (Å²) in [5, 5.41) is 15.6. The maximum Gasteiger partial charge on any atom is 0.319 e. The molecule has 1 aliphatic rings. The predicted octanol–water partition coefficient (Wildman–Crippen LogP) is 3.19. The second-order valence-electron chi connectivity index (χ2n) is 4.85. The van der Waals surface area contributed by atoms with Crippen LogP contribution in [0.25, 0.3) is 0 Å². The van der Waals surface area contributed by atoms with Crippen molar-refractivity contribution >= 4 is 17.4 Å². The summed E-state index contributed by atoms with van der Waals surface area (Å²) in [5.74, 6) is -0.821. The van der Waals surface area contributed by atoms with Crippen LogP contribution in [0.4, 0.5) is 20.6 Å². The van der Waals surface area contributed by atoms with Crippen LogP contribution in [0.3, 0.4) is 0 Å². The minimum absolute atomic E-state index is 0.0658. The summed E-state index contributed by atoms with van der Waals surface area (Å²) in [6, 6.07) is 2.76. The van der Waals surface area contributed by atoms with Crippen LogP contribution in [0, 0.1) is 15.9 Å².